The van der Waals surface area contributed by atoms with Crippen LogP contribution in [0.25, 0.3) is 0 Å². The zero-order chi connectivity index (χ0) is 13.9. The molecule has 0 atom stereocenters. The molecule has 1 aromatic rings. The van der Waals surface area contributed by atoms with E-state index in [1.54, 1.807) is 19.1 Å². The lowest BCUT2D eigenvalue weighted by Crippen LogP contribution is -2.56. The summed E-state index contributed by atoms with van der Waals surface area (Å²) in [4.78, 5) is 24.1. The maximum atomic E-state index is 12.1. The lowest BCUT2D eigenvalue weighted by molar-refractivity contribution is -0.149. The second-order valence-corrected chi connectivity index (χ2v) is 5.00. The third kappa shape index (κ3) is 2.80. The van der Waals surface area contributed by atoms with Crippen LogP contribution in [0.1, 0.15) is 48.4 Å². The standard InChI is InChI=1S/C14H19NO4/c1-10-6-7-11(19-10)12(16)15-14(13(17)18-2)8-4-3-5-9-14/h6-7H,3-5,8-9H2,1-2H3,(H,15,16). The highest BCUT2D eigenvalue weighted by Crippen LogP contribution is 2.29. The highest BCUT2D eigenvalue weighted by atomic mass is 16.5. The van der Waals surface area contributed by atoms with Gasteiger partial charge in [0.1, 0.15) is 11.3 Å². The average Bonchev–Trinajstić information content (AvgIpc) is 2.85. The monoisotopic (exact) mass is 265 g/mol. The van der Waals surface area contributed by atoms with Gasteiger partial charge >= 0.3 is 5.97 Å². The third-order valence-corrected chi connectivity index (χ3v) is 3.60. The number of amides is 1. The first-order valence-electron chi connectivity index (χ1n) is 6.55. The van der Waals surface area contributed by atoms with Gasteiger partial charge in [-0.25, -0.2) is 4.79 Å². The molecule has 0 radical (unpaired) electrons. The molecule has 1 aliphatic rings. The molecule has 0 saturated heterocycles. The van der Waals surface area contributed by atoms with Crippen LogP contribution in [-0.4, -0.2) is 24.5 Å². The number of aryl methyl sites for hydroxylation is 1. The van der Waals surface area contributed by atoms with Crippen LogP contribution in [0.4, 0.5) is 0 Å². The minimum atomic E-state index is -0.898. The number of ether oxygens (including phenoxy) is 1. The van der Waals surface area contributed by atoms with Crippen molar-refractivity contribution in [2.75, 3.05) is 7.11 Å². The SMILES string of the molecule is COC(=O)C1(NC(=O)c2ccc(C)o2)CCCCC1. The first-order chi connectivity index (χ1) is 9.07. The zero-order valence-corrected chi connectivity index (χ0v) is 11.3. The van der Waals surface area contributed by atoms with Gasteiger partial charge in [-0.1, -0.05) is 19.3 Å². The van der Waals surface area contributed by atoms with Crippen molar-refractivity contribution in [3.05, 3.63) is 23.7 Å². The van der Waals surface area contributed by atoms with E-state index < -0.39 is 5.54 Å². The Kier molecular flexibility index (Phi) is 3.93. The number of nitrogens with one attached hydrogen (secondary N) is 1. The van der Waals surface area contributed by atoms with Gasteiger partial charge in [-0.2, -0.15) is 0 Å². The first-order valence-corrected chi connectivity index (χ1v) is 6.55. The van der Waals surface area contributed by atoms with E-state index in [-0.39, 0.29) is 17.6 Å². The van der Waals surface area contributed by atoms with Crippen LogP contribution < -0.4 is 5.32 Å². The van der Waals surface area contributed by atoms with Crippen molar-refractivity contribution in [2.45, 2.75) is 44.6 Å². The van der Waals surface area contributed by atoms with E-state index in [0.29, 0.717) is 18.6 Å². The molecule has 104 valence electrons. The van der Waals surface area contributed by atoms with Crippen LogP contribution in [0.15, 0.2) is 16.5 Å². The summed E-state index contributed by atoms with van der Waals surface area (Å²) in [6, 6.07) is 3.33. The number of esters is 1. The lowest BCUT2D eigenvalue weighted by atomic mass is 9.81. The van der Waals surface area contributed by atoms with Gasteiger partial charge in [-0.05, 0) is 31.9 Å². The van der Waals surface area contributed by atoms with E-state index >= 15 is 0 Å². The Morgan fingerprint density at radius 1 is 1.26 bits per heavy atom. The second kappa shape index (κ2) is 5.47. The molecular weight excluding hydrogens is 246 g/mol. The van der Waals surface area contributed by atoms with Gasteiger partial charge < -0.3 is 14.5 Å². The maximum absolute atomic E-state index is 12.1. The molecule has 0 aromatic carbocycles. The van der Waals surface area contributed by atoms with Gasteiger partial charge in [0.15, 0.2) is 5.76 Å². The van der Waals surface area contributed by atoms with Crippen LogP contribution in [0.5, 0.6) is 0 Å². The van der Waals surface area contributed by atoms with E-state index in [0.717, 1.165) is 19.3 Å². The predicted octanol–water partition coefficient (Wildman–Crippen LogP) is 2.19. The Hall–Kier alpha value is -1.78. The number of hydrogen-bond acceptors (Lipinski definition) is 4. The van der Waals surface area contributed by atoms with Crippen LogP contribution >= 0.6 is 0 Å². The molecule has 1 saturated carbocycles. The highest BCUT2D eigenvalue weighted by molar-refractivity contribution is 5.96. The van der Waals surface area contributed by atoms with Crippen molar-refractivity contribution in [2.24, 2.45) is 0 Å². The Labute approximate surface area is 112 Å². The van der Waals surface area contributed by atoms with Gasteiger partial charge in [0.25, 0.3) is 5.91 Å². The molecule has 0 aliphatic heterocycles. The lowest BCUT2D eigenvalue weighted by Gasteiger charge is -2.34. The van der Waals surface area contributed by atoms with Crippen molar-refractivity contribution in [1.29, 1.82) is 0 Å². The molecule has 5 heteroatoms. The fourth-order valence-electron chi connectivity index (χ4n) is 2.57. The zero-order valence-electron chi connectivity index (χ0n) is 11.3. The number of furan rings is 1. The molecular formula is C14H19NO4. The van der Waals surface area contributed by atoms with E-state index in [4.69, 9.17) is 9.15 Å². The molecule has 1 amide bonds. The normalized spacial score (nSPS) is 17.8. The van der Waals surface area contributed by atoms with Gasteiger partial charge in [0.2, 0.25) is 0 Å². The molecule has 2 rings (SSSR count). The van der Waals surface area contributed by atoms with Crippen molar-refractivity contribution in [1.82, 2.24) is 5.32 Å². The minimum absolute atomic E-state index is 0.228. The molecule has 0 bridgehead atoms. The third-order valence-electron chi connectivity index (χ3n) is 3.60. The average molecular weight is 265 g/mol. The first kappa shape index (κ1) is 13.6. The Bertz CT molecular complexity index is 472. The fourth-order valence-corrected chi connectivity index (χ4v) is 2.57. The highest BCUT2D eigenvalue weighted by Gasteiger charge is 2.42. The quantitative estimate of drug-likeness (QED) is 0.851. The number of methoxy groups -OCH3 is 1. The molecule has 1 N–H and O–H groups in total. The van der Waals surface area contributed by atoms with E-state index in [2.05, 4.69) is 5.32 Å². The molecule has 1 fully saturated rings. The Morgan fingerprint density at radius 3 is 2.47 bits per heavy atom. The molecule has 19 heavy (non-hydrogen) atoms. The van der Waals surface area contributed by atoms with Crippen molar-refractivity contribution < 1.29 is 18.7 Å². The number of hydrogen-bond donors (Lipinski definition) is 1. The number of carbonyl (C=O) groups excluding carboxylic acids is 2. The van der Waals surface area contributed by atoms with Crippen molar-refractivity contribution in [3.8, 4) is 0 Å². The number of rotatable bonds is 3. The van der Waals surface area contributed by atoms with Crippen molar-refractivity contribution >= 4 is 11.9 Å². The van der Waals surface area contributed by atoms with E-state index in [9.17, 15) is 9.59 Å². The summed E-state index contributed by atoms with van der Waals surface area (Å²) in [6.45, 7) is 1.77. The largest absolute Gasteiger partial charge is 0.467 e. The van der Waals surface area contributed by atoms with Crippen molar-refractivity contribution in [3.63, 3.8) is 0 Å². The number of carbonyl (C=O) groups is 2. The predicted molar refractivity (Wildman–Crippen MR) is 68.7 cm³/mol. The van der Waals surface area contributed by atoms with Crippen LogP contribution in [0, 0.1) is 6.92 Å². The summed E-state index contributed by atoms with van der Waals surface area (Å²) in [5, 5.41) is 2.81. The van der Waals surface area contributed by atoms with E-state index in [1.165, 1.54) is 7.11 Å². The smallest absolute Gasteiger partial charge is 0.331 e. The summed E-state index contributed by atoms with van der Waals surface area (Å²) in [5.74, 6) is 0.163. The molecule has 1 aliphatic carbocycles. The summed E-state index contributed by atoms with van der Waals surface area (Å²) >= 11 is 0. The molecule has 0 unspecified atom stereocenters. The maximum Gasteiger partial charge on any atom is 0.331 e. The Morgan fingerprint density at radius 2 is 1.95 bits per heavy atom. The fraction of sp³-hybridized carbons (Fsp3) is 0.571. The molecule has 1 aromatic heterocycles. The van der Waals surface area contributed by atoms with Gasteiger partial charge in [0, 0.05) is 0 Å². The van der Waals surface area contributed by atoms with E-state index in [1.807, 2.05) is 0 Å². The molecule has 0 spiro atoms. The Balaban J connectivity index is 2.16. The summed E-state index contributed by atoms with van der Waals surface area (Å²) < 4.78 is 10.1. The van der Waals surface area contributed by atoms with Gasteiger partial charge in [0.05, 0.1) is 7.11 Å². The van der Waals surface area contributed by atoms with Crippen LogP contribution in [0.3, 0.4) is 0 Å². The summed E-state index contributed by atoms with van der Waals surface area (Å²) in [7, 11) is 1.35. The van der Waals surface area contributed by atoms with Gasteiger partial charge in [-0.15, -0.1) is 0 Å². The topological polar surface area (TPSA) is 68.5 Å². The minimum Gasteiger partial charge on any atom is -0.467 e. The summed E-state index contributed by atoms with van der Waals surface area (Å²) in [6.07, 6.45) is 4.13. The second-order valence-electron chi connectivity index (χ2n) is 5.00. The summed E-state index contributed by atoms with van der Waals surface area (Å²) in [5.41, 5.74) is -0.898. The van der Waals surface area contributed by atoms with Gasteiger partial charge in [-0.3, -0.25) is 4.79 Å². The molecule has 1 heterocycles. The molecule has 5 nitrogen and oxygen atoms in total. The van der Waals surface area contributed by atoms with Crippen LogP contribution in [0.2, 0.25) is 0 Å². The van der Waals surface area contributed by atoms with Crippen LogP contribution in [-0.2, 0) is 9.53 Å².